The molecule has 0 aliphatic rings. The Morgan fingerprint density at radius 2 is 2.11 bits per heavy atom. The van der Waals surface area contributed by atoms with Gasteiger partial charge in [0.25, 0.3) is 0 Å². The van der Waals surface area contributed by atoms with E-state index in [2.05, 4.69) is 17.1 Å². The lowest BCUT2D eigenvalue weighted by Crippen LogP contribution is -2.12. The third-order valence-corrected chi connectivity index (χ3v) is 2.87. The molecule has 102 valence electrons. The van der Waals surface area contributed by atoms with E-state index < -0.39 is 0 Å². The average Bonchev–Trinajstić information content (AvgIpc) is 2.92. The van der Waals surface area contributed by atoms with Crippen molar-refractivity contribution in [3.63, 3.8) is 0 Å². The van der Waals surface area contributed by atoms with E-state index in [1.165, 1.54) is 0 Å². The minimum atomic E-state index is 0.142. The molecule has 0 amide bonds. The summed E-state index contributed by atoms with van der Waals surface area (Å²) in [7, 11) is 0. The van der Waals surface area contributed by atoms with Crippen LogP contribution in [0.5, 0.6) is 5.75 Å². The van der Waals surface area contributed by atoms with Gasteiger partial charge in [-0.3, -0.25) is 0 Å². The molecule has 0 spiro atoms. The zero-order chi connectivity index (χ0) is 13.5. The van der Waals surface area contributed by atoms with Crippen LogP contribution in [-0.2, 0) is 6.61 Å². The van der Waals surface area contributed by atoms with Crippen LogP contribution in [0, 0.1) is 0 Å². The van der Waals surface area contributed by atoms with Crippen molar-refractivity contribution >= 4 is 0 Å². The van der Waals surface area contributed by atoms with Crippen LogP contribution in [0.1, 0.15) is 37.4 Å². The van der Waals surface area contributed by atoms with E-state index in [4.69, 9.17) is 15.0 Å². The van der Waals surface area contributed by atoms with Gasteiger partial charge < -0.3 is 15.0 Å². The lowest BCUT2D eigenvalue weighted by molar-refractivity contribution is 0.283. The van der Waals surface area contributed by atoms with Gasteiger partial charge in [0.15, 0.2) is 6.61 Å². The first-order valence-electron chi connectivity index (χ1n) is 6.54. The highest BCUT2D eigenvalue weighted by atomic mass is 16.5. The summed E-state index contributed by atoms with van der Waals surface area (Å²) in [5.41, 5.74) is 5.71. The molecule has 1 aromatic heterocycles. The fourth-order valence-corrected chi connectivity index (χ4v) is 1.85. The molecular formula is C14H19N3O2. The average molecular weight is 261 g/mol. The summed E-state index contributed by atoms with van der Waals surface area (Å²) in [4.78, 5) is 4.33. The maximum absolute atomic E-state index is 5.71. The van der Waals surface area contributed by atoms with Crippen LogP contribution in [0.25, 0.3) is 0 Å². The first-order chi connectivity index (χ1) is 9.33. The van der Waals surface area contributed by atoms with Crippen molar-refractivity contribution in [1.29, 1.82) is 0 Å². The van der Waals surface area contributed by atoms with Gasteiger partial charge in [-0.2, -0.15) is 4.98 Å². The van der Waals surface area contributed by atoms with Crippen LogP contribution in [0.15, 0.2) is 34.9 Å². The number of para-hydroxylation sites is 1. The lowest BCUT2D eigenvalue weighted by atomic mass is 10.0. The van der Waals surface area contributed by atoms with Gasteiger partial charge in [0.05, 0.1) is 5.92 Å². The molecule has 19 heavy (non-hydrogen) atoms. The largest absolute Gasteiger partial charge is 0.485 e. The van der Waals surface area contributed by atoms with Crippen LogP contribution >= 0.6 is 0 Å². The Labute approximate surface area is 112 Å². The van der Waals surface area contributed by atoms with Crippen molar-refractivity contribution in [3.8, 4) is 5.75 Å². The van der Waals surface area contributed by atoms with E-state index >= 15 is 0 Å². The quantitative estimate of drug-likeness (QED) is 0.828. The van der Waals surface area contributed by atoms with Crippen LogP contribution in [-0.4, -0.2) is 16.7 Å². The van der Waals surface area contributed by atoms with Crippen molar-refractivity contribution in [2.75, 3.05) is 6.54 Å². The monoisotopic (exact) mass is 261 g/mol. The van der Waals surface area contributed by atoms with Gasteiger partial charge in [0.2, 0.25) is 11.7 Å². The van der Waals surface area contributed by atoms with Gasteiger partial charge in [-0.1, -0.05) is 36.7 Å². The molecule has 0 fully saturated rings. The molecule has 1 atom stereocenters. The SMILES string of the molecule is CCCC(CN)c1nc(COc2ccccc2)no1. The van der Waals surface area contributed by atoms with Crippen molar-refractivity contribution in [1.82, 2.24) is 10.1 Å². The predicted octanol–water partition coefficient (Wildman–Crippen LogP) is 2.49. The van der Waals surface area contributed by atoms with Gasteiger partial charge in [-0.15, -0.1) is 0 Å². The predicted molar refractivity (Wildman–Crippen MR) is 71.8 cm³/mol. The van der Waals surface area contributed by atoms with Crippen LogP contribution in [0.3, 0.4) is 0 Å². The molecule has 0 saturated heterocycles. The minimum Gasteiger partial charge on any atom is -0.485 e. The molecule has 0 saturated carbocycles. The van der Waals surface area contributed by atoms with Crippen molar-refractivity contribution in [3.05, 3.63) is 42.0 Å². The second-order valence-electron chi connectivity index (χ2n) is 4.37. The standard InChI is InChI=1S/C14H19N3O2/c1-2-6-11(9-15)14-16-13(17-19-14)10-18-12-7-4-3-5-8-12/h3-5,7-8,11H,2,6,9-10,15H2,1H3. The summed E-state index contributed by atoms with van der Waals surface area (Å²) in [5, 5.41) is 3.92. The van der Waals surface area contributed by atoms with Crippen molar-refractivity contribution < 1.29 is 9.26 Å². The highest BCUT2D eigenvalue weighted by Crippen LogP contribution is 2.18. The zero-order valence-corrected chi connectivity index (χ0v) is 11.1. The van der Waals surface area contributed by atoms with E-state index in [1.807, 2.05) is 30.3 Å². The van der Waals surface area contributed by atoms with Crippen molar-refractivity contribution in [2.45, 2.75) is 32.3 Å². The molecule has 5 nitrogen and oxygen atoms in total. The van der Waals surface area contributed by atoms with Gasteiger partial charge in [0, 0.05) is 6.54 Å². The number of nitrogens with zero attached hydrogens (tertiary/aromatic N) is 2. The topological polar surface area (TPSA) is 74.2 Å². The van der Waals surface area contributed by atoms with Gasteiger partial charge in [-0.25, -0.2) is 0 Å². The maximum Gasteiger partial charge on any atom is 0.231 e. The smallest absolute Gasteiger partial charge is 0.231 e. The summed E-state index contributed by atoms with van der Waals surface area (Å²) >= 11 is 0. The zero-order valence-electron chi connectivity index (χ0n) is 11.1. The number of hydrogen-bond acceptors (Lipinski definition) is 5. The summed E-state index contributed by atoms with van der Waals surface area (Å²) in [6.07, 6.45) is 2.00. The van der Waals surface area contributed by atoms with Crippen LogP contribution in [0.2, 0.25) is 0 Å². The molecule has 0 radical (unpaired) electrons. The molecule has 1 unspecified atom stereocenters. The highest BCUT2D eigenvalue weighted by Gasteiger charge is 2.16. The molecule has 2 rings (SSSR count). The fraction of sp³-hybridized carbons (Fsp3) is 0.429. The number of ether oxygens (including phenoxy) is 1. The Hall–Kier alpha value is -1.88. The third-order valence-electron chi connectivity index (χ3n) is 2.87. The number of benzene rings is 1. The normalized spacial score (nSPS) is 12.3. The molecule has 2 aromatic rings. The number of rotatable bonds is 7. The molecule has 5 heteroatoms. The van der Waals surface area contributed by atoms with Crippen molar-refractivity contribution in [2.24, 2.45) is 5.73 Å². The number of aromatic nitrogens is 2. The van der Waals surface area contributed by atoms with Gasteiger partial charge >= 0.3 is 0 Å². The molecule has 0 aliphatic heterocycles. The van der Waals surface area contributed by atoms with Crippen LogP contribution in [0.4, 0.5) is 0 Å². The molecule has 1 aromatic carbocycles. The van der Waals surface area contributed by atoms with E-state index in [0.29, 0.717) is 24.9 Å². The summed E-state index contributed by atoms with van der Waals surface area (Å²) in [5.74, 6) is 2.09. The Morgan fingerprint density at radius 1 is 1.32 bits per heavy atom. The first-order valence-corrected chi connectivity index (χ1v) is 6.54. The first kappa shape index (κ1) is 13.5. The summed E-state index contributed by atoms with van der Waals surface area (Å²) < 4.78 is 10.8. The van der Waals surface area contributed by atoms with E-state index in [-0.39, 0.29) is 5.92 Å². The minimum absolute atomic E-state index is 0.142. The Kier molecular flexibility index (Phi) is 4.92. The molecule has 2 N–H and O–H groups in total. The number of hydrogen-bond donors (Lipinski definition) is 1. The van der Waals surface area contributed by atoms with E-state index in [0.717, 1.165) is 18.6 Å². The molecule has 0 aliphatic carbocycles. The molecule has 0 bridgehead atoms. The Morgan fingerprint density at radius 3 is 2.79 bits per heavy atom. The van der Waals surface area contributed by atoms with E-state index in [1.54, 1.807) is 0 Å². The second-order valence-corrected chi connectivity index (χ2v) is 4.37. The highest BCUT2D eigenvalue weighted by molar-refractivity contribution is 5.20. The van der Waals surface area contributed by atoms with E-state index in [9.17, 15) is 0 Å². The Bertz CT molecular complexity index is 484. The third kappa shape index (κ3) is 3.79. The maximum atomic E-state index is 5.71. The number of nitrogens with two attached hydrogens (primary N) is 1. The lowest BCUT2D eigenvalue weighted by Gasteiger charge is -2.06. The Balaban J connectivity index is 1.93. The summed E-state index contributed by atoms with van der Waals surface area (Å²) in [6, 6.07) is 9.56. The summed E-state index contributed by atoms with van der Waals surface area (Å²) in [6.45, 7) is 2.93. The fourth-order valence-electron chi connectivity index (χ4n) is 1.85. The van der Waals surface area contributed by atoms with Gasteiger partial charge in [0.1, 0.15) is 5.75 Å². The van der Waals surface area contributed by atoms with Gasteiger partial charge in [-0.05, 0) is 18.6 Å². The van der Waals surface area contributed by atoms with Crippen LogP contribution < -0.4 is 10.5 Å². The second kappa shape index (κ2) is 6.89. The molecular weight excluding hydrogens is 242 g/mol. The molecule has 1 heterocycles.